The van der Waals surface area contributed by atoms with E-state index >= 15 is 0 Å². The molecule has 0 bridgehead atoms. The van der Waals surface area contributed by atoms with E-state index in [1.165, 1.54) is 4.88 Å². The summed E-state index contributed by atoms with van der Waals surface area (Å²) in [5, 5.41) is 13.6. The molecule has 0 spiro atoms. The minimum atomic E-state index is 0.320. The predicted molar refractivity (Wildman–Crippen MR) is 86.7 cm³/mol. The molecule has 0 amide bonds. The average Bonchev–Trinajstić information content (AvgIpc) is 3.09. The third kappa shape index (κ3) is 4.82. The van der Waals surface area contributed by atoms with E-state index in [-0.39, 0.29) is 0 Å². The lowest BCUT2D eigenvalue weighted by Gasteiger charge is -2.21. The molecular weight excluding hydrogens is 284 g/mol. The number of nitrogens with one attached hydrogen (secondary N) is 1. The highest BCUT2D eigenvalue weighted by atomic mass is 32.1. The molecule has 2 rings (SSSR count). The molecule has 6 heteroatoms. The molecule has 0 aliphatic carbocycles. The summed E-state index contributed by atoms with van der Waals surface area (Å²) in [5.41, 5.74) is 0. The maximum absolute atomic E-state index is 5.71. The highest BCUT2D eigenvalue weighted by Gasteiger charge is 2.17. The zero-order valence-electron chi connectivity index (χ0n) is 13.2. The molecule has 1 N–H and O–H groups in total. The Morgan fingerprint density at radius 2 is 2.14 bits per heavy atom. The third-order valence-corrected chi connectivity index (χ3v) is 4.22. The minimum absolute atomic E-state index is 0.320. The van der Waals surface area contributed by atoms with Crippen LogP contribution >= 0.6 is 11.3 Å². The number of rotatable bonds is 8. The van der Waals surface area contributed by atoms with Crippen molar-refractivity contribution in [3.8, 4) is 0 Å². The fourth-order valence-corrected chi connectivity index (χ4v) is 2.80. The van der Waals surface area contributed by atoms with Crippen LogP contribution in [-0.4, -0.2) is 29.8 Å². The van der Waals surface area contributed by atoms with Crippen molar-refractivity contribution >= 4 is 17.4 Å². The molecule has 2 heterocycles. The number of aromatic nitrogens is 2. The summed E-state index contributed by atoms with van der Waals surface area (Å²) in [6, 6.07) is 5.14. The first-order chi connectivity index (χ1) is 10.1. The molecule has 2 aromatic heterocycles. The molecule has 1 unspecified atom stereocenters. The van der Waals surface area contributed by atoms with Crippen molar-refractivity contribution in [2.45, 2.75) is 39.8 Å². The van der Waals surface area contributed by atoms with E-state index in [1.807, 2.05) is 11.9 Å². The Bertz CT molecular complexity index is 524. The number of hydrogen-bond donors (Lipinski definition) is 1. The summed E-state index contributed by atoms with van der Waals surface area (Å²) in [4.78, 5) is 3.41. The van der Waals surface area contributed by atoms with Crippen LogP contribution in [0.4, 0.5) is 6.01 Å². The minimum Gasteiger partial charge on any atom is -0.407 e. The van der Waals surface area contributed by atoms with Crippen LogP contribution in [0.15, 0.2) is 21.9 Å². The molecule has 116 valence electrons. The van der Waals surface area contributed by atoms with Crippen LogP contribution in [0.3, 0.4) is 0 Å². The summed E-state index contributed by atoms with van der Waals surface area (Å²) in [6.07, 6.45) is 0.984. The Kier molecular flexibility index (Phi) is 5.76. The first-order valence-corrected chi connectivity index (χ1v) is 8.22. The third-order valence-electron chi connectivity index (χ3n) is 3.32. The largest absolute Gasteiger partial charge is 0.407 e. The van der Waals surface area contributed by atoms with Gasteiger partial charge in [-0.1, -0.05) is 25.0 Å². The van der Waals surface area contributed by atoms with Crippen LogP contribution in [0.2, 0.25) is 0 Å². The Hall–Kier alpha value is -1.40. The molecule has 1 atom stereocenters. The van der Waals surface area contributed by atoms with Gasteiger partial charge < -0.3 is 14.6 Å². The number of hydrogen-bond acceptors (Lipinski definition) is 6. The summed E-state index contributed by atoms with van der Waals surface area (Å²) in [5.74, 6) is 1.25. The first kappa shape index (κ1) is 16.0. The average molecular weight is 308 g/mol. The second kappa shape index (κ2) is 7.56. The van der Waals surface area contributed by atoms with Gasteiger partial charge in [-0.15, -0.1) is 16.4 Å². The normalized spacial score (nSPS) is 12.8. The van der Waals surface area contributed by atoms with Gasteiger partial charge in [0.1, 0.15) is 0 Å². The van der Waals surface area contributed by atoms with Crippen LogP contribution in [0, 0.1) is 5.92 Å². The first-order valence-electron chi connectivity index (χ1n) is 7.34. The Morgan fingerprint density at radius 3 is 2.81 bits per heavy atom. The Labute approximate surface area is 130 Å². The molecule has 0 fully saturated rings. The van der Waals surface area contributed by atoms with Gasteiger partial charge in [-0.05, 0) is 30.8 Å². The second-order valence-corrected chi connectivity index (χ2v) is 6.78. The smallest absolute Gasteiger partial charge is 0.318 e. The maximum atomic E-state index is 5.71. The van der Waals surface area contributed by atoms with Crippen LogP contribution in [0.25, 0.3) is 0 Å². The zero-order chi connectivity index (χ0) is 15.2. The molecule has 0 radical (unpaired) electrons. The van der Waals surface area contributed by atoms with E-state index in [0.717, 1.165) is 13.0 Å². The summed E-state index contributed by atoms with van der Waals surface area (Å²) >= 11 is 1.78. The van der Waals surface area contributed by atoms with Gasteiger partial charge in [-0.25, -0.2) is 0 Å². The lowest BCUT2D eigenvalue weighted by molar-refractivity contribution is 0.443. The molecule has 2 aromatic rings. The van der Waals surface area contributed by atoms with E-state index in [2.05, 4.69) is 53.8 Å². The molecule has 0 saturated carbocycles. The predicted octanol–water partition coefficient (Wildman–Crippen LogP) is 2.94. The van der Waals surface area contributed by atoms with Gasteiger partial charge in [-0.2, -0.15) is 0 Å². The highest BCUT2D eigenvalue weighted by molar-refractivity contribution is 7.09. The molecule has 0 aliphatic heterocycles. The molecule has 0 saturated heterocycles. The van der Waals surface area contributed by atoms with E-state index in [1.54, 1.807) is 11.3 Å². The fraction of sp³-hybridized carbons (Fsp3) is 0.600. The Morgan fingerprint density at radius 1 is 1.33 bits per heavy atom. The van der Waals surface area contributed by atoms with Crippen molar-refractivity contribution in [1.82, 2.24) is 15.5 Å². The van der Waals surface area contributed by atoms with Gasteiger partial charge in [0, 0.05) is 24.4 Å². The van der Waals surface area contributed by atoms with Crippen LogP contribution < -0.4 is 10.2 Å². The van der Waals surface area contributed by atoms with Gasteiger partial charge in [-0.3, -0.25) is 0 Å². The number of likely N-dealkylation sites (N-methyl/N-ethyl adjacent to an activating group) is 1. The topological polar surface area (TPSA) is 54.2 Å². The molecule has 0 aliphatic rings. The SMILES string of the molecule is CC(C)CNCc1nnc(N(C)C(C)Cc2cccs2)o1. The van der Waals surface area contributed by atoms with Crippen molar-refractivity contribution in [1.29, 1.82) is 0 Å². The van der Waals surface area contributed by atoms with Gasteiger partial charge in [0.25, 0.3) is 0 Å². The molecular formula is C15H24N4OS. The van der Waals surface area contributed by atoms with Crippen LogP contribution in [0.1, 0.15) is 31.5 Å². The molecule has 5 nitrogen and oxygen atoms in total. The van der Waals surface area contributed by atoms with Gasteiger partial charge in [0.05, 0.1) is 6.54 Å². The van der Waals surface area contributed by atoms with Crippen LogP contribution in [0.5, 0.6) is 0 Å². The zero-order valence-corrected chi connectivity index (χ0v) is 14.0. The Balaban J connectivity index is 1.87. The number of thiophene rings is 1. The molecule has 21 heavy (non-hydrogen) atoms. The maximum Gasteiger partial charge on any atom is 0.318 e. The van der Waals surface area contributed by atoms with E-state index < -0.39 is 0 Å². The standard InChI is InChI=1S/C15H24N4OS/c1-11(2)9-16-10-14-17-18-15(20-14)19(4)12(3)8-13-6-5-7-21-13/h5-7,11-12,16H,8-10H2,1-4H3. The number of nitrogens with zero attached hydrogens (tertiary/aromatic N) is 3. The van der Waals surface area contributed by atoms with E-state index in [0.29, 0.717) is 30.4 Å². The monoisotopic (exact) mass is 308 g/mol. The van der Waals surface area contributed by atoms with Crippen molar-refractivity contribution in [3.63, 3.8) is 0 Å². The highest BCUT2D eigenvalue weighted by Crippen LogP contribution is 2.18. The summed E-state index contributed by atoms with van der Waals surface area (Å²) < 4.78 is 5.71. The lowest BCUT2D eigenvalue weighted by atomic mass is 10.2. The molecule has 0 aromatic carbocycles. The van der Waals surface area contributed by atoms with E-state index in [4.69, 9.17) is 4.42 Å². The van der Waals surface area contributed by atoms with Crippen LogP contribution in [-0.2, 0) is 13.0 Å². The van der Waals surface area contributed by atoms with Crippen molar-refractivity contribution in [3.05, 3.63) is 28.3 Å². The van der Waals surface area contributed by atoms with Gasteiger partial charge in [0.15, 0.2) is 0 Å². The lowest BCUT2D eigenvalue weighted by Crippen LogP contribution is -2.30. The number of anilines is 1. The van der Waals surface area contributed by atoms with Crippen molar-refractivity contribution in [2.75, 3.05) is 18.5 Å². The van der Waals surface area contributed by atoms with E-state index in [9.17, 15) is 0 Å². The van der Waals surface area contributed by atoms with Crippen molar-refractivity contribution in [2.24, 2.45) is 5.92 Å². The second-order valence-electron chi connectivity index (χ2n) is 5.75. The summed E-state index contributed by atoms with van der Waals surface area (Å²) in [6.45, 7) is 8.08. The van der Waals surface area contributed by atoms with Gasteiger partial charge in [0.2, 0.25) is 5.89 Å². The quantitative estimate of drug-likeness (QED) is 0.812. The van der Waals surface area contributed by atoms with Gasteiger partial charge >= 0.3 is 6.01 Å². The fourth-order valence-electron chi connectivity index (χ4n) is 1.97. The summed E-state index contributed by atoms with van der Waals surface area (Å²) in [7, 11) is 2.00. The van der Waals surface area contributed by atoms with Crippen molar-refractivity contribution < 1.29 is 4.42 Å².